The summed E-state index contributed by atoms with van der Waals surface area (Å²) in [4.78, 5) is 28.3. The molecule has 0 fully saturated rings. The number of ether oxygens (including phenoxy) is 1. The zero-order chi connectivity index (χ0) is 11.3. The summed E-state index contributed by atoms with van der Waals surface area (Å²) in [5.41, 5.74) is 0.0878. The minimum absolute atomic E-state index is 0.0878. The summed E-state index contributed by atoms with van der Waals surface area (Å²) in [7, 11) is 0. The average Bonchev–Trinajstić information content (AvgIpc) is 2.69. The monoisotopic (exact) mass is 278 g/mol. The number of aromatic amines is 1. The molecule has 1 rings (SSSR count). The van der Waals surface area contributed by atoms with Gasteiger partial charge >= 0.3 is 91.8 Å². The molecule has 2 N–H and O–H groups in total. The third-order valence-corrected chi connectivity index (χ3v) is 2.88. The molecule has 0 saturated carbocycles. The fourth-order valence-corrected chi connectivity index (χ4v) is 1.95. The molecule has 0 aliphatic carbocycles. The number of nitrogens with zero attached hydrogens (tertiary/aromatic N) is 1. The number of rotatable bonds is 5. The Balaban J connectivity index is 2.59. The third kappa shape index (κ3) is 3.38. The summed E-state index contributed by atoms with van der Waals surface area (Å²) in [6.45, 7) is 0. The first-order valence-corrected chi connectivity index (χ1v) is 6.99. The van der Waals surface area contributed by atoms with Crippen LogP contribution in [0.15, 0.2) is 12.5 Å². The van der Waals surface area contributed by atoms with Gasteiger partial charge in [-0.3, -0.25) is 0 Å². The second-order valence-corrected chi connectivity index (χ2v) is 4.55. The van der Waals surface area contributed by atoms with Gasteiger partial charge in [0.25, 0.3) is 0 Å². The number of imidazole rings is 1. The number of carboxylic acids is 1. The van der Waals surface area contributed by atoms with Gasteiger partial charge in [-0.25, -0.2) is 0 Å². The van der Waals surface area contributed by atoms with E-state index >= 15 is 0 Å². The molecule has 1 heterocycles. The van der Waals surface area contributed by atoms with Crippen LogP contribution in [-0.2, 0) is 9.53 Å². The van der Waals surface area contributed by atoms with Crippen molar-refractivity contribution in [2.24, 2.45) is 0 Å². The van der Waals surface area contributed by atoms with Gasteiger partial charge in [-0.1, -0.05) is 0 Å². The first-order valence-electron chi connectivity index (χ1n) is 4.06. The van der Waals surface area contributed by atoms with Gasteiger partial charge in [-0.2, -0.15) is 0 Å². The Bertz CT molecular complexity index is 338. The number of H-pyrrole nitrogens is 1. The van der Waals surface area contributed by atoms with E-state index < -0.39 is 18.0 Å². The number of aromatic nitrogens is 2. The number of esters is 1. The predicted molar refractivity (Wildman–Crippen MR) is 51.9 cm³/mol. The van der Waals surface area contributed by atoms with E-state index in [0.717, 1.165) is 0 Å². The van der Waals surface area contributed by atoms with Gasteiger partial charge in [0.05, 0.1) is 0 Å². The SMILES string of the molecule is C[Se]CC(OC(=O)c1c[nH]cn1)C(=O)O. The van der Waals surface area contributed by atoms with E-state index in [4.69, 9.17) is 9.84 Å². The summed E-state index contributed by atoms with van der Waals surface area (Å²) in [6.07, 6.45) is 1.62. The molecule has 0 aliphatic rings. The maximum atomic E-state index is 11.3. The zero-order valence-electron chi connectivity index (χ0n) is 7.97. The number of carboxylic acid groups (broad SMARTS) is 1. The van der Waals surface area contributed by atoms with Crippen molar-refractivity contribution >= 4 is 26.9 Å². The molecule has 15 heavy (non-hydrogen) atoms. The molecule has 0 saturated heterocycles. The Kier molecular flexibility index (Phi) is 4.33. The Morgan fingerprint density at radius 1 is 1.73 bits per heavy atom. The number of hydrogen-bond donors (Lipinski definition) is 2. The molecule has 0 bridgehead atoms. The molecule has 6 nitrogen and oxygen atoms in total. The zero-order valence-corrected chi connectivity index (χ0v) is 9.68. The first kappa shape index (κ1) is 11.7. The molecular weight excluding hydrogens is 267 g/mol. The van der Waals surface area contributed by atoms with Crippen molar-refractivity contribution in [3.05, 3.63) is 18.2 Å². The van der Waals surface area contributed by atoms with Gasteiger partial charge in [0, 0.05) is 0 Å². The van der Waals surface area contributed by atoms with E-state index in [9.17, 15) is 9.59 Å². The van der Waals surface area contributed by atoms with Gasteiger partial charge in [-0.15, -0.1) is 0 Å². The Labute approximate surface area is 92.2 Å². The van der Waals surface area contributed by atoms with E-state index in [1.54, 1.807) is 0 Å². The summed E-state index contributed by atoms with van der Waals surface area (Å²) in [5.74, 6) is 0.0428. The van der Waals surface area contributed by atoms with Crippen molar-refractivity contribution in [1.29, 1.82) is 0 Å². The topological polar surface area (TPSA) is 92.3 Å². The van der Waals surface area contributed by atoms with Crippen molar-refractivity contribution < 1.29 is 19.4 Å². The number of nitrogens with one attached hydrogen (secondary N) is 1. The molecule has 7 heteroatoms. The van der Waals surface area contributed by atoms with Crippen LogP contribution in [0.4, 0.5) is 0 Å². The van der Waals surface area contributed by atoms with E-state index in [2.05, 4.69) is 9.97 Å². The van der Waals surface area contributed by atoms with Crippen LogP contribution in [0, 0.1) is 0 Å². The molecule has 0 spiro atoms. The summed E-state index contributed by atoms with van der Waals surface area (Å²) in [6, 6.07) is 0. The van der Waals surface area contributed by atoms with E-state index in [1.807, 2.05) is 5.82 Å². The maximum absolute atomic E-state index is 11.3. The van der Waals surface area contributed by atoms with Gasteiger partial charge in [-0.05, 0) is 0 Å². The number of aliphatic carboxylic acids is 1. The quantitative estimate of drug-likeness (QED) is 0.592. The standard InChI is InChI=1S/C8H10N2O4Se/c1-15-3-6(7(11)12)14-8(13)5-2-9-4-10-5/h2,4,6H,3H2,1H3,(H,9,10)(H,11,12). The van der Waals surface area contributed by atoms with Crippen LogP contribution in [0.2, 0.25) is 11.1 Å². The summed E-state index contributed by atoms with van der Waals surface area (Å²) >= 11 is 0.134. The van der Waals surface area contributed by atoms with Crippen LogP contribution in [0.5, 0.6) is 0 Å². The Hall–Kier alpha value is -1.33. The molecule has 1 unspecified atom stereocenters. The second-order valence-electron chi connectivity index (χ2n) is 2.64. The Morgan fingerprint density at radius 2 is 2.47 bits per heavy atom. The van der Waals surface area contributed by atoms with Crippen molar-refractivity contribution in [2.45, 2.75) is 17.2 Å². The van der Waals surface area contributed by atoms with Crippen LogP contribution < -0.4 is 0 Å². The number of carbonyl (C=O) groups excluding carboxylic acids is 1. The fourth-order valence-electron chi connectivity index (χ4n) is 0.869. The molecular formula is C8H10N2O4Se. The number of hydrogen-bond acceptors (Lipinski definition) is 4. The fraction of sp³-hybridized carbons (Fsp3) is 0.375. The Morgan fingerprint density at radius 3 is 2.93 bits per heavy atom. The van der Waals surface area contributed by atoms with Crippen LogP contribution in [0.25, 0.3) is 0 Å². The predicted octanol–water partition coefficient (Wildman–Crippen LogP) is 0.190. The van der Waals surface area contributed by atoms with Crippen molar-refractivity contribution in [2.75, 3.05) is 0 Å². The van der Waals surface area contributed by atoms with Crippen LogP contribution in [0.3, 0.4) is 0 Å². The molecule has 0 amide bonds. The number of carbonyl (C=O) groups is 2. The van der Waals surface area contributed by atoms with Crippen LogP contribution in [0.1, 0.15) is 10.5 Å². The van der Waals surface area contributed by atoms with Crippen molar-refractivity contribution in [3.8, 4) is 0 Å². The minimum atomic E-state index is -1.12. The van der Waals surface area contributed by atoms with Gasteiger partial charge in [0.1, 0.15) is 0 Å². The average molecular weight is 277 g/mol. The molecule has 0 radical (unpaired) electrons. The van der Waals surface area contributed by atoms with Gasteiger partial charge < -0.3 is 0 Å². The van der Waals surface area contributed by atoms with E-state index in [1.165, 1.54) is 12.5 Å². The molecule has 0 aromatic carbocycles. The second kappa shape index (κ2) is 5.53. The van der Waals surface area contributed by atoms with Gasteiger partial charge in [0.2, 0.25) is 0 Å². The first-order chi connectivity index (χ1) is 7.15. The normalized spacial score (nSPS) is 12.1. The van der Waals surface area contributed by atoms with Crippen LogP contribution in [-0.4, -0.2) is 48.1 Å². The van der Waals surface area contributed by atoms with E-state index in [-0.39, 0.29) is 20.7 Å². The third-order valence-electron chi connectivity index (χ3n) is 1.55. The molecule has 1 atom stereocenters. The molecule has 1 aromatic rings. The van der Waals surface area contributed by atoms with Crippen molar-refractivity contribution in [1.82, 2.24) is 9.97 Å². The summed E-state index contributed by atoms with van der Waals surface area (Å²) < 4.78 is 4.79. The molecule has 82 valence electrons. The molecule has 0 aliphatic heterocycles. The van der Waals surface area contributed by atoms with E-state index in [0.29, 0.717) is 5.32 Å². The van der Waals surface area contributed by atoms with Crippen LogP contribution >= 0.6 is 0 Å². The van der Waals surface area contributed by atoms with Crippen molar-refractivity contribution in [3.63, 3.8) is 0 Å². The molecule has 1 aromatic heterocycles. The summed E-state index contributed by atoms with van der Waals surface area (Å²) in [5, 5.41) is 9.11. The van der Waals surface area contributed by atoms with Gasteiger partial charge in [0.15, 0.2) is 0 Å².